The van der Waals surface area contributed by atoms with Gasteiger partial charge in [-0.25, -0.2) is 0 Å². The molecule has 2 nitrogen and oxygen atoms in total. The van der Waals surface area contributed by atoms with Gasteiger partial charge in [-0.2, -0.15) is 0 Å². The summed E-state index contributed by atoms with van der Waals surface area (Å²) >= 11 is 0. The minimum atomic E-state index is 0.574. The van der Waals surface area contributed by atoms with Crippen molar-refractivity contribution in [3.63, 3.8) is 0 Å². The van der Waals surface area contributed by atoms with E-state index in [2.05, 4.69) is 73.0 Å². The molecular weight excluding hydrogens is 316 g/mol. The highest BCUT2D eigenvalue weighted by Gasteiger charge is 2.24. The second kappa shape index (κ2) is 9.89. The standard InChI is InChI=1S/C24H34N2/c1-3-6-20-13-15-22(16-14-20)18-26-24-8-5-4-7-23(24)25-17-21-11-9-19(2)10-12-21/h9-16,23-26H,3-8,17-18H2,1-2H3. The summed E-state index contributed by atoms with van der Waals surface area (Å²) in [5, 5.41) is 7.63. The lowest BCUT2D eigenvalue weighted by molar-refractivity contribution is 0.281. The summed E-state index contributed by atoms with van der Waals surface area (Å²) in [6.45, 7) is 6.32. The Morgan fingerprint density at radius 2 is 1.19 bits per heavy atom. The van der Waals surface area contributed by atoms with Gasteiger partial charge >= 0.3 is 0 Å². The Kier molecular flexibility index (Phi) is 7.28. The lowest BCUT2D eigenvalue weighted by Gasteiger charge is -2.33. The third kappa shape index (κ3) is 5.69. The Labute approximate surface area is 159 Å². The Hall–Kier alpha value is -1.64. The van der Waals surface area contributed by atoms with Crippen LogP contribution < -0.4 is 10.6 Å². The molecule has 1 aliphatic carbocycles. The first kappa shape index (κ1) is 19.1. The fraction of sp³-hybridized carbons (Fsp3) is 0.500. The second-order valence-corrected chi connectivity index (χ2v) is 7.81. The molecule has 0 aromatic heterocycles. The second-order valence-electron chi connectivity index (χ2n) is 7.81. The molecule has 2 aromatic carbocycles. The SMILES string of the molecule is CCCc1ccc(CNC2CCCCC2NCc2ccc(C)cc2)cc1. The van der Waals surface area contributed by atoms with Crippen LogP contribution in [-0.4, -0.2) is 12.1 Å². The summed E-state index contributed by atoms with van der Waals surface area (Å²) in [7, 11) is 0. The average Bonchev–Trinajstić information content (AvgIpc) is 2.68. The van der Waals surface area contributed by atoms with Crippen LogP contribution in [0.4, 0.5) is 0 Å². The van der Waals surface area contributed by atoms with Crippen LogP contribution in [-0.2, 0) is 19.5 Å². The van der Waals surface area contributed by atoms with Gasteiger partial charge in [0.15, 0.2) is 0 Å². The van der Waals surface area contributed by atoms with Crippen LogP contribution in [0.25, 0.3) is 0 Å². The van der Waals surface area contributed by atoms with E-state index in [1.807, 2.05) is 0 Å². The van der Waals surface area contributed by atoms with Crippen molar-refractivity contribution < 1.29 is 0 Å². The molecule has 0 heterocycles. The van der Waals surface area contributed by atoms with Gasteiger partial charge in [-0.05, 0) is 42.9 Å². The molecule has 3 rings (SSSR count). The number of hydrogen-bond acceptors (Lipinski definition) is 2. The highest BCUT2D eigenvalue weighted by molar-refractivity contribution is 5.23. The molecular formula is C24H34N2. The highest BCUT2D eigenvalue weighted by Crippen LogP contribution is 2.20. The lowest BCUT2D eigenvalue weighted by Crippen LogP contribution is -2.49. The fourth-order valence-electron chi connectivity index (χ4n) is 3.94. The monoisotopic (exact) mass is 350 g/mol. The van der Waals surface area contributed by atoms with E-state index < -0.39 is 0 Å². The van der Waals surface area contributed by atoms with Crippen LogP contribution in [0.3, 0.4) is 0 Å². The van der Waals surface area contributed by atoms with E-state index in [1.165, 1.54) is 60.8 Å². The number of rotatable bonds is 8. The molecule has 26 heavy (non-hydrogen) atoms. The Morgan fingerprint density at radius 3 is 1.69 bits per heavy atom. The fourth-order valence-corrected chi connectivity index (χ4v) is 3.94. The third-order valence-corrected chi connectivity index (χ3v) is 5.58. The van der Waals surface area contributed by atoms with E-state index >= 15 is 0 Å². The molecule has 0 aliphatic heterocycles. The van der Waals surface area contributed by atoms with Crippen molar-refractivity contribution in [1.82, 2.24) is 10.6 Å². The van der Waals surface area contributed by atoms with Gasteiger partial charge in [0.1, 0.15) is 0 Å². The van der Waals surface area contributed by atoms with Gasteiger partial charge in [0.2, 0.25) is 0 Å². The zero-order valence-corrected chi connectivity index (χ0v) is 16.4. The number of hydrogen-bond donors (Lipinski definition) is 2. The number of nitrogens with one attached hydrogen (secondary N) is 2. The normalized spacial score (nSPS) is 20.2. The molecule has 140 valence electrons. The molecule has 2 N–H and O–H groups in total. The van der Waals surface area contributed by atoms with Crippen LogP contribution >= 0.6 is 0 Å². The minimum Gasteiger partial charge on any atom is -0.308 e. The first-order chi connectivity index (χ1) is 12.7. The van der Waals surface area contributed by atoms with Gasteiger partial charge in [0, 0.05) is 25.2 Å². The molecule has 0 radical (unpaired) electrons. The maximum Gasteiger partial charge on any atom is 0.0224 e. The van der Waals surface area contributed by atoms with Crippen molar-refractivity contribution >= 4 is 0 Å². The summed E-state index contributed by atoms with van der Waals surface area (Å²) in [4.78, 5) is 0. The molecule has 2 aromatic rings. The van der Waals surface area contributed by atoms with E-state index in [4.69, 9.17) is 0 Å². The predicted octanol–water partition coefficient (Wildman–Crippen LogP) is 5.14. The molecule has 2 heteroatoms. The average molecular weight is 351 g/mol. The van der Waals surface area contributed by atoms with Gasteiger partial charge in [0.25, 0.3) is 0 Å². The number of aryl methyl sites for hydroxylation is 2. The van der Waals surface area contributed by atoms with Crippen molar-refractivity contribution in [1.29, 1.82) is 0 Å². The molecule has 2 atom stereocenters. The van der Waals surface area contributed by atoms with Crippen LogP contribution in [0.2, 0.25) is 0 Å². The van der Waals surface area contributed by atoms with E-state index in [-0.39, 0.29) is 0 Å². The molecule has 1 aliphatic rings. The zero-order valence-electron chi connectivity index (χ0n) is 16.4. The molecule has 0 spiro atoms. The van der Waals surface area contributed by atoms with Crippen molar-refractivity contribution in [3.05, 3.63) is 70.8 Å². The summed E-state index contributed by atoms with van der Waals surface area (Å²) in [6.07, 6.45) is 7.64. The highest BCUT2D eigenvalue weighted by atomic mass is 15.0. The van der Waals surface area contributed by atoms with E-state index in [0.717, 1.165) is 13.1 Å². The van der Waals surface area contributed by atoms with Gasteiger partial charge in [-0.15, -0.1) is 0 Å². The first-order valence-corrected chi connectivity index (χ1v) is 10.3. The van der Waals surface area contributed by atoms with Crippen LogP contribution in [0, 0.1) is 6.92 Å². The van der Waals surface area contributed by atoms with Gasteiger partial charge < -0.3 is 10.6 Å². The van der Waals surface area contributed by atoms with Crippen molar-refractivity contribution in [3.8, 4) is 0 Å². The van der Waals surface area contributed by atoms with Crippen LogP contribution in [0.1, 0.15) is 61.3 Å². The number of benzene rings is 2. The summed E-state index contributed by atoms with van der Waals surface area (Å²) in [5.41, 5.74) is 5.56. The summed E-state index contributed by atoms with van der Waals surface area (Å²) < 4.78 is 0. The Balaban J connectivity index is 1.50. The predicted molar refractivity (Wildman–Crippen MR) is 111 cm³/mol. The van der Waals surface area contributed by atoms with Crippen LogP contribution in [0.15, 0.2) is 48.5 Å². The quantitative estimate of drug-likeness (QED) is 0.689. The molecule has 1 saturated carbocycles. The van der Waals surface area contributed by atoms with Crippen molar-refractivity contribution in [2.75, 3.05) is 0 Å². The largest absolute Gasteiger partial charge is 0.308 e. The van der Waals surface area contributed by atoms with E-state index in [0.29, 0.717) is 12.1 Å². The smallest absolute Gasteiger partial charge is 0.0224 e. The van der Waals surface area contributed by atoms with Gasteiger partial charge in [-0.1, -0.05) is 80.3 Å². The third-order valence-electron chi connectivity index (χ3n) is 5.58. The summed E-state index contributed by atoms with van der Waals surface area (Å²) in [6, 6.07) is 19.2. The molecule has 0 saturated heterocycles. The van der Waals surface area contributed by atoms with Crippen LogP contribution in [0.5, 0.6) is 0 Å². The molecule has 0 bridgehead atoms. The van der Waals surface area contributed by atoms with E-state index in [9.17, 15) is 0 Å². The summed E-state index contributed by atoms with van der Waals surface area (Å²) in [5.74, 6) is 0. The maximum atomic E-state index is 3.82. The molecule has 1 fully saturated rings. The minimum absolute atomic E-state index is 0.574. The first-order valence-electron chi connectivity index (χ1n) is 10.3. The lowest BCUT2D eigenvalue weighted by atomic mass is 9.90. The van der Waals surface area contributed by atoms with E-state index in [1.54, 1.807) is 0 Å². The zero-order chi connectivity index (χ0) is 18.2. The molecule has 0 amide bonds. The molecule has 2 unspecified atom stereocenters. The maximum absolute atomic E-state index is 3.82. The Bertz CT molecular complexity index is 645. The van der Waals surface area contributed by atoms with Crippen molar-refractivity contribution in [2.45, 2.75) is 77.5 Å². The topological polar surface area (TPSA) is 24.1 Å². The van der Waals surface area contributed by atoms with Gasteiger partial charge in [-0.3, -0.25) is 0 Å². The van der Waals surface area contributed by atoms with Gasteiger partial charge in [0.05, 0.1) is 0 Å². The Morgan fingerprint density at radius 1 is 0.731 bits per heavy atom. The van der Waals surface area contributed by atoms with Crippen molar-refractivity contribution in [2.24, 2.45) is 0 Å².